The summed E-state index contributed by atoms with van der Waals surface area (Å²) in [6.45, 7) is 4.66. The average Bonchev–Trinajstić information content (AvgIpc) is 2.88. The molecule has 0 aliphatic carbocycles. The van der Waals surface area contributed by atoms with Gasteiger partial charge in [-0.3, -0.25) is 9.78 Å². The highest BCUT2D eigenvalue weighted by atomic mass is 16.5. The van der Waals surface area contributed by atoms with Crippen molar-refractivity contribution in [2.45, 2.75) is 12.8 Å². The molecule has 0 bridgehead atoms. The second kappa shape index (κ2) is 9.63. The Morgan fingerprint density at radius 2 is 2.03 bits per heavy atom. The summed E-state index contributed by atoms with van der Waals surface area (Å²) < 4.78 is 10.9. The summed E-state index contributed by atoms with van der Waals surface area (Å²) in [4.78, 5) is 33.2. The third kappa shape index (κ3) is 4.57. The smallest absolute Gasteiger partial charge is 0.228 e. The normalized spacial score (nSPS) is 17.2. The molecule has 2 aliphatic heterocycles. The van der Waals surface area contributed by atoms with E-state index < -0.39 is 0 Å². The Morgan fingerprint density at radius 1 is 1.21 bits per heavy atom. The Balaban J connectivity index is 1.50. The zero-order chi connectivity index (χ0) is 22.6. The van der Waals surface area contributed by atoms with E-state index >= 15 is 0 Å². The second-order valence-electron chi connectivity index (χ2n) is 8.15. The standard InChI is InChI=1S/C23H27N7O3/c1-32-18-14-25-13-17-20(18)22(30-8-6-24-7-9-30)29-21(27-17)16-2-5-26-19(12-16)28-23(31)15-3-10-33-11-4-15/h2,5,12-15,24H,3-4,6-11H2,1H3,(H,26,28,31). The van der Waals surface area contributed by atoms with Gasteiger partial charge in [-0.1, -0.05) is 0 Å². The number of hydrogen-bond acceptors (Lipinski definition) is 9. The summed E-state index contributed by atoms with van der Waals surface area (Å²) in [6.07, 6.45) is 6.53. The summed E-state index contributed by atoms with van der Waals surface area (Å²) in [5.41, 5.74) is 1.48. The van der Waals surface area contributed by atoms with Crippen LogP contribution in [0.25, 0.3) is 22.3 Å². The number of aromatic nitrogens is 4. The maximum Gasteiger partial charge on any atom is 0.228 e. The number of piperazine rings is 1. The highest BCUT2D eigenvalue weighted by Crippen LogP contribution is 2.34. The van der Waals surface area contributed by atoms with Gasteiger partial charge in [0.2, 0.25) is 5.91 Å². The number of amides is 1. The minimum Gasteiger partial charge on any atom is -0.494 e. The fourth-order valence-corrected chi connectivity index (χ4v) is 4.25. The lowest BCUT2D eigenvalue weighted by Gasteiger charge is -2.29. The largest absolute Gasteiger partial charge is 0.494 e. The van der Waals surface area contributed by atoms with Crippen LogP contribution in [-0.4, -0.2) is 72.3 Å². The first-order valence-electron chi connectivity index (χ1n) is 11.2. The van der Waals surface area contributed by atoms with Crippen LogP contribution in [0.1, 0.15) is 12.8 Å². The van der Waals surface area contributed by atoms with Gasteiger partial charge in [-0.15, -0.1) is 0 Å². The number of nitrogens with one attached hydrogen (secondary N) is 2. The number of fused-ring (bicyclic) bond motifs is 1. The molecule has 0 saturated carbocycles. The van der Waals surface area contributed by atoms with Crippen LogP contribution in [-0.2, 0) is 9.53 Å². The zero-order valence-electron chi connectivity index (χ0n) is 18.6. The van der Waals surface area contributed by atoms with Gasteiger partial charge in [0.15, 0.2) is 5.82 Å². The molecule has 0 spiro atoms. The Morgan fingerprint density at radius 3 is 2.82 bits per heavy atom. The van der Waals surface area contributed by atoms with Crippen LogP contribution in [0.15, 0.2) is 30.7 Å². The van der Waals surface area contributed by atoms with Crippen LogP contribution >= 0.6 is 0 Å². The van der Waals surface area contributed by atoms with E-state index in [1.165, 1.54) is 0 Å². The lowest BCUT2D eigenvalue weighted by atomic mass is 9.99. The molecule has 2 aliphatic rings. The number of methoxy groups -OCH3 is 1. The fraction of sp³-hybridized carbons (Fsp3) is 0.435. The monoisotopic (exact) mass is 449 g/mol. The molecule has 172 valence electrons. The van der Waals surface area contributed by atoms with E-state index in [0.29, 0.717) is 36.1 Å². The van der Waals surface area contributed by atoms with E-state index in [-0.39, 0.29) is 11.8 Å². The Labute approximate surface area is 191 Å². The lowest BCUT2D eigenvalue weighted by Crippen LogP contribution is -2.44. The molecule has 0 radical (unpaired) electrons. The maximum atomic E-state index is 12.6. The Kier molecular flexibility index (Phi) is 6.27. The molecule has 0 unspecified atom stereocenters. The highest BCUT2D eigenvalue weighted by Gasteiger charge is 2.23. The van der Waals surface area contributed by atoms with Crippen molar-refractivity contribution in [2.24, 2.45) is 5.92 Å². The van der Waals surface area contributed by atoms with Crippen molar-refractivity contribution >= 4 is 28.4 Å². The number of nitrogens with zero attached hydrogens (tertiary/aromatic N) is 5. The summed E-state index contributed by atoms with van der Waals surface area (Å²) in [5.74, 6) is 2.42. The molecular weight excluding hydrogens is 422 g/mol. The molecule has 0 aromatic carbocycles. The first kappa shape index (κ1) is 21.5. The number of anilines is 2. The van der Waals surface area contributed by atoms with Crippen molar-refractivity contribution in [3.05, 3.63) is 30.7 Å². The number of carbonyl (C=O) groups excluding carboxylic acids is 1. The predicted octanol–water partition coefficient (Wildman–Crippen LogP) is 1.87. The first-order chi connectivity index (χ1) is 16.2. The van der Waals surface area contributed by atoms with E-state index in [4.69, 9.17) is 19.4 Å². The number of pyridine rings is 2. The molecule has 5 rings (SSSR count). The third-order valence-corrected chi connectivity index (χ3v) is 6.05. The summed E-state index contributed by atoms with van der Waals surface area (Å²) in [7, 11) is 1.63. The summed E-state index contributed by atoms with van der Waals surface area (Å²) in [6, 6.07) is 3.66. The van der Waals surface area contributed by atoms with Gasteiger partial charge >= 0.3 is 0 Å². The third-order valence-electron chi connectivity index (χ3n) is 6.05. The molecule has 2 N–H and O–H groups in total. The molecule has 10 heteroatoms. The molecule has 3 aromatic rings. The van der Waals surface area contributed by atoms with Gasteiger partial charge in [0, 0.05) is 57.1 Å². The maximum absolute atomic E-state index is 12.6. The van der Waals surface area contributed by atoms with E-state index in [1.807, 2.05) is 12.1 Å². The minimum absolute atomic E-state index is 0.0298. The Hall–Kier alpha value is -3.37. The van der Waals surface area contributed by atoms with Crippen LogP contribution in [0.5, 0.6) is 5.75 Å². The van der Waals surface area contributed by atoms with Crippen molar-refractivity contribution in [2.75, 3.05) is 56.7 Å². The van der Waals surface area contributed by atoms with Crippen LogP contribution in [0, 0.1) is 5.92 Å². The van der Waals surface area contributed by atoms with Crippen LogP contribution in [0.4, 0.5) is 11.6 Å². The molecule has 10 nitrogen and oxygen atoms in total. The molecule has 5 heterocycles. The highest BCUT2D eigenvalue weighted by molar-refractivity contribution is 5.96. The van der Waals surface area contributed by atoms with Gasteiger partial charge in [-0.05, 0) is 25.0 Å². The van der Waals surface area contributed by atoms with Crippen molar-refractivity contribution < 1.29 is 14.3 Å². The van der Waals surface area contributed by atoms with E-state index in [9.17, 15) is 4.79 Å². The van der Waals surface area contributed by atoms with E-state index in [2.05, 4.69) is 25.5 Å². The molecule has 33 heavy (non-hydrogen) atoms. The van der Waals surface area contributed by atoms with Crippen molar-refractivity contribution in [1.29, 1.82) is 0 Å². The molecule has 3 aromatic heterocycles. The summed E-state index contributed by atoms with van der Waals surface area (Å²) in [5, 5.41) is 7.17. The lowest BCUT2D eigenvalue weighted by molar-refractivity contribution is -0.122. The Bertz CT molecular complexity index is 1140. The van der Waals surface area contributed by atoms with Crippen LogP contribution < -0.4 is 20.3 Å². The van der Waals surface area contributed by atoms with Crippen molar-refractivity contribution in [3.8, 4) is 17.1 Å². The fourth-order valence-electron chi connectivity index (χ4n) is 4.25. The van der Waals surface area contributed by atoms with Gasteiger partial charge < -0.3 is 25.0 Å². The van der Waals surface area contributed by atoms with Gasteiger partial charge in [0.05, 0.1) is 30.4 Å². The van der Waals surface area contributed by atoms with Crippen molar-refractivity contribution in [3.63, 3.8) is 0 Å². The van der Waals surface area contributed by atoms with Gasteiger partial charge in [-0.25, -0.2) is 15.0 Å². The number of hydrogen-bond donors (Lipinski definition) is 2. The topological polar surface area (TPSA) is 114 Å². The van der Waals surface area contributed by atoms with Crippen LogP contribution in [0.3, 0.4) is 0 Å². The van der Waals surface area contributed by atoms with E-state index in [0.717, 1.165) is 55.8 Å². The number of carbonyl (C=O) groups is 1. The quantitative estimate of drug-likeness (QED) is 0.602. The SMILES string of the molecule is COc1cncc2nc(-c3ccnc(NC(=O)C4CCOCC4)c3)nc(N3CCNCC3)c12. The summed E-state index contributed by atoms with van der Waals surface area (Å²) >= 11 is 0. The zero-order valence-corrected chi connectivity index (χ0v) is 18.6. The molecule has 1 amide bonds. The van der Waals surface area contributed by atoms with Gasteiger partial charge in [0.25, 0.3) is 0 Å². The molecule has 2 saturated heterocycles. The number of ether oxygens (including phenoxy) is 2. The van der Waals surface area contributed by atoms with Gasteiger partial charge in [-0.2, -0.15) is 0 Å². The molecular formula is C23H27N7O3. The first-order valence-corrected chi connectivity index (χ1v) is 11.2. The van der Waals surface area contributed by atoms with Crippen molar-refractivity contribution in [1.82, 2.24) is 25.3 Å². The van der Waals surface area contributed by atoms with Gasteiger partial charge in [0.1, 0.15) is 17.4 Å². The van der Waals surface area contributed by atoms with Crippen LogP contribution in [0.2, 0.25) is 0 Å². The second-order valence-corrected chi connectivity index (χ2v) is 8.15. The predicted molar refractivity (Wildman–Crippen MR) is 124 cm³/mol. The van der Waals surface area contributed by atoms with E-state index in [1.54, 1.807) is 25.7 Å². The average molecular weight is 450 g/mol. The number of rotatable bonds is 5. The minimum atomic E-state index is -0.0565. The molecule has 2 fully saturated rings. The molecule has 0 atom stereocenters.